The Morgan fingerprint density at radius 3 is 2.60 bits per heavy atom. The van der Waals surface area contributed by atoms with Crippen molar-refractivity contribution in [2.45, 2.75) is 90.1 Å². The Kier molecular flexibility index (Phi) is 4.78. The molecule has 3 nitrogen and oxygen atoms in total. The van der Waals surface area contributed by atoms with Crippen LogP contribution in [0.3, 0.4) is 0 Å². The van der Waals surface area contributed by atoms with Gasteiger partial charge in [0.1, 0.15) is 5.54 Å². The quantitative estimate of drug-likeness (QED) is 0.790. The maximum Gasteiger partial charge on any atom is 0.324 e. The molecule has 1 N–H and O–H groups in total. The molecule has 0 spiro atoms. The molecular weight excluding hydrogens is 250 g/mol. The summed E-state index contributed by atoms with van der Waals surface area (Å²) < 4.78 is 0. The van der Waals surface area contributed by atoms with Crippen molar-refractivity contribution < 1.29 is 9.90 Å². The molecule has 1 aliphatic heterocycles. The van der Waals surface area contributed by atoms with Gasteiger partial charge in [0.2, 0.25) is 0 Å². The Balaban J connectivity index is 2.15. The number of nitrogens with zero attached hydrogens (tertiary/aromatic N) is 1. The lowest BCUT2D eigenvalue weighted by Gasteiger charge is -2.40. The van der Waals surface area contributed by atoms with Crippen LogP contribution in [-0.2, 0) is 4.79 Å². The third-order valence-electron chi connectivity index (χ3n) is 5.59. The molecule has 2 unspecified atom stereocenters. The van der Waals surface area contributed by atoms with E-state index in [1.54, 1.807) is 0 Å². The molecule has 0 amide bonds. The standard InChI is InChI=1S/C17H31NO2/c1-4-9-17(15(19)20)11-6-13-18(17)14-7-5-10-16(2,3)12-8-14/h14H,4-13H2,1-3H3,(H,19,20). The van der Waals surface area contributed by atoms with Gasteiger partial charge in [-0.3, -0.25) is 9.69 Å². The van der Waals surface area contributed by atoms with Crippen molar-refractivity contribution in [3.05, 3.63) is 0 Å². The largest absolute Gasteiger partial charge is 0.480 e. The summed E-state index contributed by atoms with van der Waals surface area (Å²) in [4.78, 5) is 14.3. The lowest BCUT2D eigenvalue weighted by molar-refractivity contribution is -0.152. The molecule has 0 radical (unpaired) electrons. The maximum absolute atomic E-state index is 11.9. The van der Waals surface area contributed by atoms with E-state index in [-0.39, 0.29) is 0 Å². The number of hydrogen-bond acceptors (Lipinski definition) is 2. The summed E-state index contributed by atoms with van der Waals surface area (Å²) >= 11 is 0. The van der Waals surface area contributed by atoms with Crippen molar-refractivity contribution in [2.75, 3.05) is 6.54 Å². The van der Waals surface area contributed by atoms with Gasteiger partial charge in [0.25, 0.3) is 0 Å². The van der Waals surface area contributed by atoms with Crippen LogP contribution in [0.2, 0.25) is 0 Å². The Hall–Kier alpha value is -0.570. The normalized spacial score (nSPS) is 34.9. The van der Waals surface area contributed by atoms with E-state index in [2.05, 4.69) is 25.7 Å². The van der Waals surface area contributed by atoms with Crippen LogP contribution in [0.15, 0.2) is 0 Å². The second-order valence-electron chi connectivity index (χ2n) is 7.63. The highest BCUT2D eigenvalue weighted by molar-refractivity contribution is 5.79. The van der Waals surface area contributed by atoms with Crippen LogP contribution < -0.4 is 0 Å². The first-order valence-electron chi connectivity index (χ1n) is 8.41. The van der Waals surface area contributed by atoms with Gasteiger partial charge in [0.05, 0.1) is 0 Å². The van der Waals surface area contributed by atoms with Crippen LogP contribution in [0, 0.1) is 5.41 Å². The molecule has 2 aliphatic rings. The third-order valence-corrected chi connectivity index (χ3v) is 5.59. The number of carbonyl (C=O) groups is 1. The number of carboxylic acids is 1. The Morgan fingerprint density at radius 2 is 1.95 bits per heavy atom. The number of aliphatic carboxylic acids is 1. The minimum atomic E-state index is -0.583. The van der Waals surface area contributed by atoms with Crippen molar-refractivity contribution in [1.29, 1.82) is 0 Å². The molecule has 116 valence electrons. The zero-order valence-corrected chi connectivity index (χ0v) is 13.5. The predicted octanol–water partition coefficient (Wildman–Crippen LogP) is 4.06. The molecule has 1 saturated carbocycles. The predicted molar refractivity (Wildman–Crippen MR) is 81.9 cm³/mol. The van der Waals surface area contributed by atoms with Crippen LogP contribution in [0.5, 0.6) is 0 Å². The molecule has 1 saturated heterocycles. The summed E-state index contributed by atoms with van der Waals surface area (Å²) in [7, 11) is 0. The van der Waals surface area contributed by atoms with Gasteiger partial charge in [0, 0.05) is 6.04 Å². The van der Waals surface area contributed by atoms with E-state index in [4.69, 9.17) is 0 Å². The molecule has 0 aromatic heterocycles. The first-order chi connectivity index (χ1) is 9.41. The molecule has 2 rings (SSSR count). The fraction of sp³-hybridized carbons (Fsp3) is 0.941. The zero-order chi connectivity index (χ0) is 14.8. The van der Waals surface area contributed by atoms with Crippen LogP contribution in [-0.4, -0.2) is 34.1 Å². The summed E-state index contributed by atoms with van der Waals surface area (Å²) in [5, 5.41) is 9.83. The fourth-order valence-electron chi connectivity index (χ4n) is 4.41. The van der Waals surface area contributed by atoms with E-state index in [0.717, 1.165) is 32.2 Å². The average molecular weight is 281 g/mol. The van der Waals surface area contributed by atoms with Crippen LogP contribution in [0.1, 0.15) is 78.6 Å². The minimum Gasteiger partial charge on any atom is -0.480 e. The smallest absolute Gasteiger partial charge is 0.324 e. The summed E-state index contributed by atoms with van der Waals surface area (Å²) in [6.45, 7) is 7.81. The average Bonchev–Trinajstić information content (AvgIpc) is 2.70. The second-order valence-corrected chi connectivity index (χ2v) is 7.63. The summed E-state index contributed by atoms with van der Waals surface area (Å²) in [5.41, 5.74) is -0.126. The highest BCUT2D eigenvalue weighted by Crippen LogP contribution is 2.41. The van der Waals surface area contributed by atoms with Crippen molar-refractivity contribution in [1.82, 2.24) is 4.90 Å². The second kappa shape index (κ2) is 6.05. The van der Waals surface area contributed by atoms with Gasteiger partial charge in [0.15, 0.2) is 0 Å². The van der Waals surface area contributed by atoms with E-state index >= 15 is 0 Å². The molecule has 20 heavy (non-hydrogen) atoms. The fourth-order valence-corrected chi connectivity index (χ4v) is 4.41. The molecule has 0 bridgehead atoms. The van der Waals surface area contributed by atoms with Crippen LogP contribution in [0.25, 0.3) is 0 Å². The third kappa shape index (κ3) is 3.03. The van der Waals surface area contributed by atoms with Crippen molar-refractivity contribution in [3.63, 3.8) is 0 Å². The lowest BCUT2D eigenvalue weighted by atomic mass is 9.84. The van der Waals surface area contributed by atoms with E-state index < -0.39 is 11.5 Å². The van der Waals surface area contributed by atoms with Gasteiger partial charge < -0.3 is 5.11 Å². The van der Waals surface area contributed by atoms with Gasteiger partial charge in [-0.2, -0.15) is 0 Å². The van der Waals surface area contributed by atoms with Crippen LogP contribution >= 0.6 is 0 Å². The number of rotatable bonds is 4. The number of hydrogen-bond donors (Lipinski definition) is 1. The molecule has 1 aliphatic carbocycles. The SMILES string of the molecule is CCCC1(C(=O)O)CCCN1C1CCCC(C)(C)CC1. The molecule has 2 fully saturated rings. The molecule has 1 heterocycles. The summed E-state index contributed by atoms with van der Waals surface area (Å²) in [6.07, 6.45) is 9.77. The van der Waals surface area contributed by atoms with Crippen molar-refractivity contribution >= 4 is 5.97 Å². The van der Waals surface area contributed by atoms with Gasteiger partial charge in [-0.05, 0) is 56.9 Å². The minimum absolute atomic E-state index is 0.436. The van der Waals surface area contributed by atoms with Gasteiger partial charge in [-0.1, -0.05) is 33.6 Å². The van der Waals surface area contributed by atoms with Gasteiger partial charge in [-0.15, -0.1) is 0 Å². The van der Waals surface area contributed by atoms with E-state index in [1.807, 2.05) is 0 Å². The van der Waals surface area contributed by atoms with E-state index in [0.29, 0.717) is 11.5 Å². The maximum atomic E-state index is 11.9. The Labute approximate surface area is 123 Å². The zero-order valence-electron chi connectivity index (χ0n) is 13.5. The molecule has 2 atom stereocenters. The van der Waals surface area contributed by atoms with E-state index in [9.17, 15) is 9.90 Å². The van der Waals surface area contributed by atoms with Gasteiger partial charge >= 0.3 is 5.97 Å². The first-order valence-corrected chi connectivity index (χ1v) is 8.41. The molecule has 0 aromatic carbocycles. The Morgan fingerprint density at radius 1 is 1.20 bits per heavy atom. The topological polar surface area (TPSA) is 40.5 Å². The Bertz CT molecular complexity index is 353. The van der Waals surface area contributed by atoms with Crippen molar-refractivity contribution in [3.8, 4) is 0 Å². The molecule has 3 heteroatoms. The monoisotopic (exact) mass is 281 g/mol. The summed E-state index contributed by atoms with van der Waals surface area (Å²) in [6, 6.07) is 0.488. The molecular formula is C17H31NO2. The summed E-state index contributed by atoms with van der Waals surface area (Å²) in [5.74, 6) is -0.583. The first kappa shape index (κ1) is 15.8. The number of likely N-dealkylation sites (tertiary alicyclic amines) is 1. The van der Waals surface area contributed by atoms with Crippen LogP contribution in [0.4, 0.5) is 0 Å². The number of carboxylic acid groups (broad SMARTS) is 1. The van der Waals surface area contributed by atoms with Gasteiger partial charge in [-0.25, -0.2) is 0 Å². The highest BCUT2D eigenvalue weighted by atomic mass is 16.4. The highest BCUT2D eigenvalue weighted by Gasteiger charge is 2.49. The molecule has 0 aromatic rings. The van der Waals surface area contributed by atoms with E-state index in [1.165, 1.54) is 32.1 Å². The lowest BCUT2D eigenvalue weighted by Crippen LogP contribution is -2.54. The van der Waals surface area contributed by atoms with Crippen molar-refractivity contribution in [2.24, 2.45) is 5.41 Å².